The zero-order valence-electron chi connectivity index (χ0n) is 27.4. The van der Waals surface area contributed by atoms with Gasteiger partial charge in [0.05, 0.1) is 10.3 Å². The Balaban J connectivity index is 1.40. The number of hydrogen-bond donors (Lipinski definition) is 1. The van der Waals surface area contributed by atoms with Gasteiger partial charge < -0.3 is 4.90 Å². The third-order valence-electron chi connectivity index (χ3n) is 10.5. The van der Waals surface area contributed by atoms with E-state index in [1.807, 2.05) is 6.07 Å². The van der Waals surface area contributed by atoms with Crippen LogP contribution in [0, 0.1) is 11.8 Å². The van der Waals surface area contributed by atoms with Crippen LogP contribution in [-0.4, -0.2) is 36.3 Å². The fraction of sp³-hybridized carbons (Fsp3) is 0.447. The van der Waals surface area contributed by atoms with Gasteiger partial charge in [0.25, 0.3) is 10.1 Å². The average Bonchev–Trinajstić information content (AvgIpc) is 3.58. The molecule has 2 heterocycles. The van der Waals surface area contributed by atoms with Gasteiger partial charge >= 0.3 is 0 Å². The summed E-state index contributed by atoms with van der Waals surface area (Å²) in [6.07, 6.45) is 14.5. The summed E-state index contributed by atoms with van der Waals surface area (Å²) < 4.78 is 36.2. The number of para-hydroxylation sites is 1. The largest absolute Gasteiger partial charge is 0.344 e. The molecule has 5 nitrogen and oxygen atoms in total. The van der Waals surface area contributed by atoms with Crippen molar-refractivity contribution in [3.63, 3.8) is 0 Å². The van der Waals surface area contributed by atoms with Gasteiger partial charge in [0.2, 0.25) is 5.69 Å². The number of rotatable bonds is 8. The summed E-state index contributed by atoms with van der Waals surface area (Å²) in [5.41, 5.74) is 8.89. The smallest absolute Gasteiger partial charge is 0.294 e. The lowest BCUT2D eigenvalue weighted by molar-refractivity contribution is -0.437. The number of halogens is 1. The minimum absolute atomic E-state index is 0.0685. The topological polar surface area (TPSA) is 60.6 Å². The van der Waals surface area contributed by atoms with Gasteiger partial charge in [-0.15, -0.1) is 0 Å². The molecule has 0 radical (unpaired) electrons. The molecule has 2 bridgehead atoms. The van der Waals surface area contributed by atoms with Crippen LogP contribution in [0.5, 0.6) is 0 Å². The molecule has 0 spiro atoms. The number of nitrogens with zero attached hydrogens (tertiary/aromatic N) is 2. The minimum atomic E-state index is -4.30. The van der Waals surface area contributed by atoms with Crippen molar-refractivity contribution in [2.45, 2.75) is 89.4 Å². The van der Waals surface area contributed by atoms with Crippen LogP contribution in [0.25, 0.3) is 0 Å². The van der Waals surface area contributed by atoms with Crippen molar-refractivity contribution in [1.82, 2.24) is 0 Å². The van der Waals surface area contributed by atoms with Crippen LogP contribution in [-0.2, 0) is 20.9 Å². The molecular formula is C38H46ClN2O3S+. The van der Waals surface area contributed by atoms with Crippen molar-refractivity contribution in [2.75, 3.05) is 18.0 Å². The normalized spacial score (nSPS) is 25.3. The van der Waals surface area contributed by atoms with Gasteiger partial charge in [0, 0.05) is 52.5 Å². The monoisotopic (exact) mass is 645 g/mol. The molecule has 4 aliphatic rings. The summed E-state index contributed by atoms with van der Waals surface area (Å²) in [6, 6.07) is 13.7. The third-order valence-corrected chi connectivity index (χ3v) is 11.8. The molecule has 2 aliphatic heterocycles. The van der Waals surface area contributed by atoms with Crippen molar-refractivity contribution in [1.29, 1.82) is 0 Å². The molecular weight excluding hydrogens is 600 g/mol. The molecule has 2 unspecified atom stereocenters. The number of allylic oxidation sites excluding steroid dienone is 8. The summed E-state index contributed by atoms with van der Waals surface area (Å²) >= 11 is 7.34. The zero-order valence-corrected chi connectivity index (χ0v) is 29.0. The molecule has 2 aromatic carbocycles. The van der Waals surface area contributed by atoms with Gasteiger partial charge in [-0.3, -0.25) is 4.55 Å². The number of benzene rings is 2. The van der Waals surface area contributed by atoms with E-state index in [9.17, 15) is 13.0 Å². The predicted molar refractivity (Wildman–Crippen MR) is 185 cm³/mol. The summed E-state index contributed by atoms with van der Waals surface area (Å²) in [4.78, 5) is 2.22. The van der Waals surface area contributed by atoms with Crippen LogP contribution in [0.4, 0.5) is 11.4 Å². The minimum Gasteiger partial charge on any atom is -0.344 e. The van der Waals surface area contributed by atoms with Crippen LogP contribution in [0.3, 0.4) is 0 Å². The number of anilines is 1. The number of hydrogen-bond acceptors (Lipinski definition) is 3. The first-order valence-electron chi connectivity index (χ1n) is 16.4. The van der Waals surface area contributed by atoms with Gasteiger partial charge in [0.1, 0.15) is 6.54 Å². The molecule has 45 heavy (non-hydrogen) atoms. The molecule has 2 aliphatic carbocycles. The Bertz CT molecular complexity index is 1810. The second kappa shape index (κ2) is 11.7. The Morgan fingerprint density at radius 1 is 0.956 bits per heavy atom. The van der Waals surface area contributed by atoms with Crippen molar-refractivity contribution in [3.05, 3.63) is 99.8 Å². The quantitative estimate of drug-likeness (QED) is 0.230. The zero-order chi connectivity index (χ0) is 32.3. The van der Waals surface area contributed by atoms with Crippen LogP contribution in [0.2, 0.25) is 0 Å². The lowest BCUT2D eigenvalue weighted by Gasteiger charge is -2.28. The average molecular weight is 646 g/mol. The highest BCUT2D eigenvalue weighted by atomic mass is 35.5. The SMILES string of the molecule is CCCN1/C(=C/C=C2C(Cl)=C(/C=C/C3=[N+](CCC)c4ccccc4C3(C)C)C3CCC/2C3)C(C)(C)c2cc(S(=O)(=O)O)ccc21. The van der Waals surface area contributed by atoms with Crippen molar-refractivity contribution in [2.24, 2.45) is 11.8 Å². The first kappa shape index (κ1) is 32.0. The van der Waals surface area contributed by atoms with E-state index >= 15 is 0 Å². The molecule has 2 atom stereocenters. The van der Waals surface area contributed by atoms with E-state index in [1.165, 1.54) is 34.2 Å². The molecule has 7 heteroatoms. The standard InChI is InChI=1S/C38H45ClN2O3S/c1-7-21-40-32-12-10-9-11-30(32)37(3,4)34(40)19-16-28-25-13-14-26(23-25)29(36(28)39)17-20-35-38(5,6)31-24-27(45(42,43)44)15-18-33(31)41(35)22-8-2/h9-12,15-20,24-26H,7-8,13-14,21-23H2,1-6H3/p+1. The predicted octanol–water partition coefficient (Wildman–Crippen LogP) is 9.22. The lowest BCUT2D eigenvalue weighted by atomic mass is 9.80. The summed E-state index contributed by atoms with van der Waals surface area (Å²) in [6.45, 7) is 15.1. The van der Waals surface area contributed by atoms with E-state index < -0.39 is 15.5 Å². The fourth-order valence-corrected chi connectivity index (χ4v) is 9.15. The molecule has 238 valence electrons. The molecule has 0 saturated heterocycles. The van der Waals surface area contributed by atoms with Gasteiger partial charge in [0.15, 0.2) is 5.71 Å². The highest BCUT2D eigenvalue weighted by molar-refractivity contribution is 7.85. The molecule has 0 aromatic heterocycles. The summed E-state index contributed by atoms with van der Waals surface area (Å²) in [5, 5.41) is 0.877. The molecule has 0 amide bonds. The molecule has 1 saturated carbocycles. The van der Waals surface area contributed by atoms with E-state index in [0.29, 0.717) is 11.8 Å². The maximum atomic E-state index is 12.0. The second-order valence-corrected chi connectivity index (χ2v) is 15.9. The Morgan fingerprint density at radius 2 is 1.69 bits per heavy atom. The lowest BCUT2D eigenvalue weighted by Crippen LogP contribution is -2.28. The third kappa shape index (κ3) is 5.37. The second-order valence-electron chi connectivity index (χ2n) is 14.1. The van der Waals surface area contributed by atoms with E-state index in [2.05, 4.69) is 99.6 Å². The highest BCUT2D eigenvalue weighted by Gasteiger charge is 2.45. The summed E-state index contributed by atoms with van der Waals surface area (Å²) in [5.74, 6) is 0.906. The Morgan fingerprint density at radius 3 is 2.40 bits per heavy atom. The first-order chi connectivity index (χ1) is 21.3. The summed E-state index contributed by atoms with van der Waals surface area (Å²) in [7, 11) is -4.30. The Hall–Kier alpha value is -2.93. The maximum Gasteiger partial charge on any atom is 0.294 e. The van der Waals surface area contributed by atoms with Crippen LogP contribution in [0.15, 0.2) is 93.5 Å². The Kier molecular flexibility index (Phi) is 8.33. The van der Waals surface area contributed by atoms with Crippen LogP contribution >= 0.6 is 11.6 Å². The van der Waals surface area contributed by atoms with E-state index in [-0.39, 0.29) is 10.3 Å². The van der Waals surface area contributed by atoms with Gasteiger partial charge in [-0.2, -0.15) is 13.0 Å². The van der Waals surface area contributed by atoms with E-state index in [4.69, 9.17) is 11.6 Å². The van der Waals surface area contributed by atoms with Gasteiger partial charge in [-0.25, -0.2) is 0 Å². The van der Waals surface area contributed by atoms with E-state index in [0.717, 1.165) is 67.2 Å². The van der Waals surface area contributed by atoms with Crippen LogP contribution < -0.4 is 4.90 Å². The highest BCUT2D eigenvalue weighted by Crippen LogP contribution is 2.52. The van der Waals surface area contributed by atoms with Crippen molar-refractivity contribution in [3.8, 4) is 0 Å². The maximum absolute atomic E-state index is 12.0. The fourth-order valence-electron chi connectivity index (χ4n) is 8.21. The number of fused-ring (bicyclic) bond motifs is 4. The molecule has 6 rings (SSSR count). The Labute approximate surface area is 274 Å². The van der Waals surface area contributed by atoms with E-state index in [1.54, 1.807) is 6.07 Å². The van der Waals surface area contributed by atoms with Gasteiger partial charge in [-0.05, 0) is 92.4 Å². The molecule has 1 N–H and O–H groups in total. The molecule has 1 fully saturated rings. The van der Waals surface area contributed by atoms with Gasteiger partial charge in [-0.1, -0.05) is 69.6 Å². The van der Waals surface area contributed by atoms with Crippen molar-refractivity contribution >= 4 is 38.8 Å². The first-order valence-corrected chi connectivity index (χ1v) is 18.3. The van der Waals surface area contributed by atoms with Crippen molar-refractivity contribution < 1.29 is 17.5 Å². The van der Waals surface area contributed by atoms with Crippen LogP contribution in [0.1, 0.15) is 84.8 Å². The molecule has 2 aromatic rings.